The summed E-state index contributed by atoms with van der Waals surface area (Å²) in [6, 6.07) is 14.3. The average Bonchev–Trinajstić information content (AvgIpc) is 3.25. The second-order valence-electron chi connectivity index (χ2n) is 4.83. The van der Waals surface area contributed by atoms with Crippen molar-refractivity contribution >= 4 is 33.4 Å². The lowest BCUT2D eigenvalue weighted by molar-refractivity contribution is 1.42. The fraction of sp³-hybridized carbons (Fsp3) is 0. The molecule has 0 saturated carbocycles. The smallest absolute Gasteiger partial charge is 0.205 e. The van der Waals surface area contributed by atoms with Crippen LogP contribution in [-0.2, 0) is 0 Å². The van der Waals surface area contributed by atoms with E-state index in [1.807, 2.05) is 36.7 Å². The van der Waals surface area contributed by atoms with E-state index in [0.29, 0.717) is 10.8 Å². The number of rotatable bonds is 0. The highest BCUT2D eigenvalue weighted by molar-refractivity contribution is 7.18. The van der Waals surface area contributed by atoms with Crippen molar-refractivity contribution in [3.63, 3.8) is 0 Å². The molecule has 5 nitrogen and oxygen atoms in total. The Morgan fingerprint density at radius 1 is 0.760 bits per heavy atom. The van der Waals surface area contributed by atoms with Crippen molar-refractivity contribution < 1.29 is 0 Å². The first kappa shape index (κ1) is 16.6. The molecular formula is C18H9N3O2S2. The van der Waals surface area contributed by atoms with Crippen molar-refractivity contribution in [3.8, 4) is 12.1 Å². The maximum Gasteiger partial charge on any atom is 0.205 e. The monoisotopic (exact) mass is 363 g/mol. The molecule has 0 radical (unpaired) electrons. The van der Waals surface area contributed by atoms with Crippen molar-refractivity contribution in [2.75, 3.05) is 0 Å². The van der Waals surface area contributed by atoms with Gasteiger partial charge in [-0.25, -0.2) is 0 Å². The number of nitrogens with zero attached hydrogens (tertiary/aromatic N) is 2. The molecule has 0 amide bonds. The van der Waals surface area contributed by atoms with Gasteiger partial charge < -0.3 is 4.98 Å². The third-order valence-corrected chi connectivity index (χ3v) is 5.79. The fourth-order valence-electron chi connectivity index (χ4n) is 2.24. The average molecular weight is 363 g/mol. The molecule has 4 rings (SSSR count). The van der Waals surface area contributed by atoms with Crippen LogP contribution in [0.1, 0.15) is 9.75 Å². The molecule has 0 atom stereocenters. The second-order valence-corrected chi connectivity index (χ2v) is 6.87. The van der Waals surface area contributed by atoms with Crippen LogP contribution in [0.5, 0.6) is 0 Å². The van der Waals surface area contributed by atoms with Crippen LogP contribution in [0.4, 0.5) is 0 Å². The van der Waals surface area contributed by atoms with Gasteiger partial charge in [0, 0.05) is 23.2 Å². The Labute approximate surface area is 149 Å². The molecule has 0 fully saturated rings. The Kier molecular flexibility index (Phi) is 4.71. The van der Waals surface area contributed by atoms with E-state index in [1.165, 1.54) is 0 Å². The van der Waals surface area contributed by atoms with E-state index in [-0.39, 0.29) is 29.7 Å². The van der Waals surface area contributed by atoms with E-state index in [0.717, 1.165) is 22.7 Å². The van der Waals surface area contributed by atoms with E-state index in [2.05, 4.69) is 4.98 Å². The number of aromatic amines is 1. The lowest BCUT2D eigenvalue weighted by Crippen LogP contribution is -2.13. The molecule has 1 aliphatic carbocycles. The number of nitrogens with one attached hydrogen (secondary N) is 1. The molecule has 2 aliphatic rings. The maximum atomic E-state index is 12.4. The zero-order chi connectivity index (χ0) is 17.8. The Morgan fingerprint density at radius 2 is 1.20 bits per heavy atom. The minimum absolute atomic E-state index is 0.164. The van der Waals surface area contributed by atoms with E-state index >= 15 is 0 Å². The molecular weight excluding hydrogens is 354 g/mol. The fourth-order valence-corrected chi connectivity index (χ4v) is 4.29. The number of nitriles is 2. The zero-order valence-electron chi connectivity index (χ0n) is 12.6. The van der Waals surface area contributed by atoms with Gasteiger partial charge in [-0.05, 0) is 12.1 Å². The Balaban J connectivity index is 0.000000314. The van der Waals surface area contributed by atoms with Crippen LogP contribution in [0.3, 0.4) is 0 Å². The van der Waals surface area contributed by atoms with Crippen molar-refractivity contribution in [1.82, 2.24) is 4.98 Å². The molecule has 0 unspecified atom stereocenters. The highest BCUT2D eigenvalue weighted by Crippen LogP contribution is 2.20. The maximum absolute atomic E-state index is 12.4. The highest BCUT2D eigenvalue weighted by Gasteiger charge is 2.12. The molecule has 0 bridgehead atoms. The summed E-state index contributed by atoms with van der Waals surface area (Å²) >= 11 is 1.82. The Morgan fingerprint density at radius 3 is 1.52 bits per heavy atom. The van der Waals surface area contributed by atoms with Gasteiger partial charge in [0.15, 0.2) is 0 Å². The predicted octanol–water partition coefficient (Wildman–Crippen LogP) is 3.17. The summed E-state index contributed by atoms with van der Waals surface area (Å²) in [4.78, 5) is 28.0. The summed E-state index contributed by atoms with van der Waals surface area (Å²) in [5.41, 5.74) is -0.533. The van der Waals surface area contributed by atoms with Gasteiger partial charge in [-0.2, -0.15) is 10.5 Å². The van der Waals surface area contributed by atoms with E-state index in [9.17, 15) is 9.59 Å². The molecule has 1 aliphatic heterocycles. The molecule has 1 aromatic carbocycles. The molecule has 2 heterocycles. The minimum Gasteiger partial charge on any atom is -0.368 e. The van der Waals surface area contributed by atoms with Gasteiger partial charge in [-0.1, -0.05) is 24.3 Å². The first-order chi connectivity index (χ1) is 12.2. The SMILES string of the molecule is N#Cc1sc2c(=O)c3ccccc3c(=O)c=2sc1C#N.c1cc[nH]c1. The largest absolute Gasteiger partial charge is 0.368 e. The van der Waals surface area contributed by atoms with Crippen LogP contribution < -0.4 is 10.9 Å². The van der Waals surface area contributed by atoms with Crippen LogP contribution in [0, 0.1) is 31.7 Å². The van der Waals surface area contributed by atoms with Gasteiger partial charge >= 0.3 is 0 Å². The van der Waals surface area contributed by atoms with Crippen molar-refractivity contribution in [2.24, 2.45) is 0 Å². The quantitative estimate of drug-likeness (QED) is 0.519. The molecule has 25 heavy (non-hydrogen) atoms. The number of fused-ring (bicyclic) bond motifs is 1. The summed E-state index contributed by atoms with van der Waals surface area (Å²) < 4.78 is 0.489. The lowest BCUT2D eigenvalue weighted by Gasteiger charge is -1.98. The number of H-pyrrole nitrogens is 1. The van der Waals surface area contributed by atoms with E-state index in [4.69, 9.17) is 10.5 Å². The van der Waals surface area contributed by atoms with Gasteiger partial charge in [0.2, 0.25) is 10.9 Å². The highest BCUT2D eigenvalue weighted by atomic mass is 32.1. The van der Waals surface area contributed by atoms with Gasteiger partial charge in [0.05, 0.1) is 9.06 Å². The molecule has 2 aromatic rings. The summed E-state index contributed by atoms with van der Waals surface area (Å²) in [5.74, 6) is 0. The van der Waals surface area contributed by atoms with Crippen LogP contribution in [-0.4, -0.2) is 4.98 Å². The zero-order valence-corrected chi connectivity index (χ0v) is 14.3. The second kappa shape index (κ2) is 7.10. The molecule has 120 valence electrons. The summed E-state index contributed by atoms with van der Waals surface area (Å²) in [7, 11) is 0. The van der Waals surface area contributed by atoms with Gasteiger partial charge in [0.25, 0.3) is 0 Å². The summed E-state index contributed by atoms with van der Waals surface area (Å²) in [6.07, 6.45) is 3.75. The number of aromatic nitrogens is 1. The number of benzene rings is 1. The first-order valence-corrected chi connectivity index (χ1v) is 8.71. The first-order valence-electron chi connectivity index (χ1n) is 7.08. The van der Waals surface area contributed by atoms with Gasteiger partial charge in [0.1, 0.15) is 21.9 Å². The van der Waals surface area contributed by atoms with Crippen molar-refractivity contribution in [2.45, 2.75) is 0 Å². The third kappa shape index (κ3) is 3.07. The third-order valence-electron chi connectivity index (χ3n) is 3.35. The molecule has 0 saturated heterocycles. The van der Waals surface area contributed by atoms with Crippen LogP contribution in [0.25, 0.3) is 10.8 Å². The topological polar surface area (TPSA) is 97.5 Å². The van der Waals surface area contributed by atoms with Gasteiger partial charge in [-0.15, -0.1) is 22.7 Å². The van der Waals surface area contributed by atoms with Crippen LogP contribution >= 0.6 is 22.7 Å². The molecule has 0 spiro atoms. The minimum atomic E-state index is -0.266. The van der Waals surface area contributed by atoms with Crippen molar-refractivity contribution in [1.29, 1.82) is 10.5 Å². The Hall–Kier alpha value is -3.26. The molecule has 1 N–H and O–H groups in total. The van der Waals surface area contributed by atoms with E-state index < -0.39 is 0 Å². The Bertz CT molecular complexity index is 1200. The molecule has 7 heteroatoms. The van der Waals surface area contributed by atoms with Crippen LogP contribution in [0.2, 0.25) is 0 Å². The lowest BCUT2D eigenvalue weighted by atomic mass is 10.1. The van der Waals surface area contributed by atoms with Crippen molar-refractivity contribution in [3.05, 3.63) is 88.1 Å². The molecule has 1 aromatic heterocycles. The predicted molar refractivity (Wildman–Crippen MR) is 97.8 cm³/mol. The number of hydrogen-bond acceptors (Lipinski definition) is 6. The summed E-state index contributed by atoms with van der Waals surface area (Å²) in [6.45, 7) is 0. The standard InChI is InChI=1S/C14H4N2O2S2.C4H5N/c15-5-9-10(6-16)20-14-12(18)8-4-2-1-3-7(8)11(17)13(14)19-9;1-2-4-5-3-1/h1-4H;1-5H. The van der Waals surface area contributed by atoms with E-state index in [1.54, 1.807) is 24.3 Å². The number of hydrogen-bond donors (Lipinski definition) is 1. The van der Waals surface area contributed by atoms with Crippen LogP contribution in [0.15, 0.2) is 58.4 Å². The van der Waals surface area contributed by atoms with Gasteiger partial charge in [-0.3, -0.25) is 9.59 Å². The summed E-state index contributed by atoms with van der Waals surface area (Å²) in [5, 5.41) is 18.7. The normalized spacial score (nSPS) is 9.84.